The van der Waals surface area contributed by atoms with Crippen LogP contribution >= 0.6 is 0 Å². The van der Waals surface area contributed by atoms with Crippen molar-refractivity contribution in [3.05, 3.63) is 93.5 Å². The molecule has 3 aromatic carbocycles. The van der Waals surface area contributed by atoms with Crippen LogP contribution in [-0.4, -0.2) is 32.6 Å². The second-order valence-corrected chi connectivity index (χ2v) is 8.43. The second kappa shape index (κ2) is 10.6. The van der Waals surface area contributed by atoms with Crippen LogP contribution in [0.15, 0.2) is 76.7 Å². The van der Waals surface area contributed by atoms with Crippen LogP contribution in [0, 0.1) is 10.1 Å². The molecule has 0 unspecified atom stereocenters. The quantitative estimate of drug-likeness (QED) is 0.202. The Morgan fingerprint density at radius 3 is 2.50 bits per heavy atom. The summed E-state index contributed by atoms with van der Waals surface area (Å²) in [6.45, 7) is 0.222. The van der Waals surface area contributed by atoms with Crippen molar-refractivity contribution in [2.45, 2.75) is 11.5 Å². The Morgan fingerprint density at radius 2 is 1.85 bits per heavy atom. The number of primary sulfonamides is 1. The summed E-state index contributed by atoms with van der Waals surface area (Å²) in [7, 11) is -2.78. The molecular formula is C22H20N4O7S. The van der Waals surface area contributed by atoms with Crippen LogP contribution in [0.2, 0.25) is 0 Å². The topological polar surface area (TPSA) is 163 Å². The van der Waals surface area contributed by atoms with Gasteiger partial charge in [-0.2, -0.15) is 5.10 Å². The first-order chi connectivity index (χ1) is 16.2. The summed E-state index contributed by atoms with van der Waals surface area (Å²) in [5, 5.41) is 20.4. The summed E-state index contributed by atoms with van der Waals surface area (Å²) in [6.07, 6.45) is 1.41. The fraction of sp³-hybridized carbons (Fsp3) is 0.0909. The third kappa shape index (κ3) is 6.15. The Bertz CT molecular complexity index is 1340. The van der Waals surface area contributed by atoms with Gasteiger partial charge in [0, 0.05) is 11.6 Å². The molecule has 0 radical (unpaired) electrons. The number of anilines is 1. The summed E-state index contributed by atoms with van der Waals surface area (Å²) in [5.74, 6) is 0.0743. The smallest absolute Gasteiger partial charge is 0.337 e. The molecule has 0 aliphatic carbocycles. The maximum absolute atomic E-state index is 11.5. The number of hydrazone groups is 1. The van der Waals surface area contributed by atoms with Gasteiger partial charge in [0.15, 0.2) is 0 Å². The number of hydrogen-bond donors (Lipinski definition) is 2. The highest BCUT2D eigenvalue weighted by atomic mass is 32.2. The number of nitrogens with zero attached hydrogens (tertiary/aromatic N) is 2. The number of hydrogen-bond acceptors (Lipinski definition) is 9. The highest BCUT2D eigenvalue weighted by Crippen LogP contribution is 2.27. The van der Waals surface area contributed by atoms with Gasteiger partial charge < -0.3 is 9.47 Å². The average Bonchev–Trinajstić information content (AvgIpc) is 2.82. The van der Waals surface area contributed by atoms with Crippen molar-refractivity contribution in [1.82, 2.24) is 0 Å². The number of carbonyl (C=O) groups excluding carboxylic acids is 1. The minimum absolute atomic E-state index is 0.0160. The van der Waals surface area contributed by atoms with Crippen molar-refractivity contribution in [3.63, 3.8) is 0 Å². The van der Waals surface area contributed by atoms with E-state index in [4.69, 9.17) is 9.88 Å². The number of nitro benzene ring substituents is 1. The van der Waals surface area contributed by atoms with Crippen LogP contribution in [0.4, 0.5) is 11.4 Å². The Balaban J connectivity index is 1.72. The van der Waals surface area contributed by atoms with Crippen LogP contribution in [-0.2, 0) is 21.4 Å². The van der Waals surface area contributed by atoms with Crippen molar-refractivity contribution < 1.29 is 27.6 Å². The molecule has 0 aliphatic rings. The summed E-state index contributed by atoms with van der Waals surface area (Å²) in [6, 6.07) is 17.0. The van der Waals surface area contributed by atoms with E-state index in [-0.39, 0.29) is 17.2 Å². The number of nitrogens with two attached hydrogens (primary N) is 1. The molecule has 0 aromatic heterocycles. The molecule has 0 fully saturated rings. The van der Waals surface area contributed by atoms with Gasteiger partial charge in [-0.25, -0.2) is 18.4 Å². The summed E-state index contributed by atoms with van der Waals surface area (Å²) in [5.41, 5.74) is 3.86. The fourth-order valence-electron chi connectivity index (χ4n) is 2.84. The molecule has 34 heavy (non-hydrogen) atoms. The van der Waals surface area contributed by atoms with Gasteiger partial charge in [-0.15, -0.1) is 0 Å². The van der Waals surface area contributed by atoms with Gasteiger partial charge in [-0.1, -0.05) is 24.3 Å². The van der Waals surface area contributed by atoms with Crippen LogP contribution in [0.1, 0.15) is 21.5 Å². The van der Waals surface area contributed by atoms with E-state index in [9.17, 15) is 23.3 Å². The van der Waals surface area contributed by atoms with E-state index in [1.165, 1.54) is 19.4 Å². The zero-order valence-electron chi connectivity index (χ0n) is 17.9. The zero-order valence-corrected chi connectivity index (χ0v) is 18.7. The van der Waals surface area contributed by atoms with Crippen molar-refractivity contribution in [2.75, 3.05) is 12.5 Å². The van der Waals surface area contributed by atoms with Crippen molar-refractivity contribution >= 4 is 33.6 Å². The van der Waals surface area contributed by atoms with E-state index >= 15 is 0 Å². The molecule has 0 heterocycles. The molecule has 12 heteroatoms. The van der Waals surface area contributed by atoms with Gasteiger partial charge in [0.1, 0.15) is 18.0 Å². The number of para-hydroxylation sites is 1. The SMILES string of the molecule is COC(=O)c1ccc(COc2ccccc2/C=N/Nc2ccc(S(N)(=O)=O)cc2[N+](=O)[O-])cc1. The molecule has 0 amide bonds. The van der Waals surface area contributed by atoms with E-state index in [1.54, 1.807) is 48.5 Å². The minimum Gasteiger partial charge on any atom is -0.488 e. The largest absolute Gasteiger partial charge is 0.488 e. The first kappa shape index (κ1) is 24.4. The van der Waals surface area contributed by atoms with Crippen LogP contribution < -0.4 is 15.3 Å². The van der Waals surface area contributed by atoms with E-state index in [0.717, 1.165) is 17.7 Å². The first-order valence-corrected chi connectivity index (χ1v) is 11.2. The molecule has 3 N–H and O–H groups in total. The standard InChI is InChI=1S/C22H20N4O7S/c1-32-22(27)16-8-6-15(7-9-16)14-33-21-5-3-2-4-17(21)13-24-25-19-11-10-18(34(23,30)31)12-20(19)26(28)29/h2-13,25H,14H2,1H3,(H2,23,30,31)/b24-13+. The Kier molecular flexibility index (Phi) is 7.56. The number of rotatable bonds is 9. The molecule has 0 saturated heterocycles. The van der Waals surface area contributed by atoms with Crippen LogP contribution in [0.5, 0.6) is 5.75 Å². The maximum atomic E-state index is 11.5. The number of methoxy groups -OCH3 is 1. The van der Waals surface area contributed by atoms with E-state index in [1.807, 2.05) is 0 Å². The Hall–Kier alpha value is -4.29. The van der Waals surface area contributed by atoms with E-state index < -0.39 is 26.6 Å². The molecule has 11 nitrogen and oxygen atoms in total. The monoisotopic (exact) mass is 484 g/mol. The molecule has 176 valence electrons. The second-order valence-electron chi connectivity index (χ2n) is 6.87. The lowest BCUT2D eigenvalue weighted by Gasteiger charge is -2.09. The average molecular weight is 484 g/mol. The number of nitro groups is 1. The van der Waals surface area contributed by atoms with Crippen LogP contribution in [0.3, 0.4) is 0 Å². The van der Waals surface area contributed by atoms with E-state index in [2.05, 4.69) is 15.3 Å². The molecule has 0 atom stereocenters. The zero-order chi connectivity index (χ0) is 24.7. The van der Waals surface area contributed by atoms with Gasteiger partial charge in [0.2, 0.25) is 10.0 Å². The van der Waals surface area contributed by atoms with Crippen molar-refractivity contribution in [2.24, 2.45) is 10.2 Å². The van der Waals surface area contributed by atoms with Gasteiger partial charge >= 0.3 is 5.97 Å². The molecular weight excluding hydrogens is 464 g/mol. The molecule has 3 rings (SSSR count). The van der Waals surface area contributed by atoms with Gasteiger partial charge in [0.05, 0.1) is 28.7 Å². The summed E-state index contributed by atoms with van der Waals surface area (Å²) >= 11 is 0. The lowest BCUT2D eigenvalue weighted by atomic mass is 10.1. The van der Waals surface area contributed by atoms with Crippen molar-refractivity contribution in [1.29, 1.82) is 0 Å². The molecule has 0 aliphatic heterocycles. The number of esters is 1. The molecule has 0 spiro atoms. The fourth-order valence-corrected chi connectivity index (χ4v) is 3.37. The van der Waals surface area contributed by atoms with E-state index in [0.29, 0.717) is 16.9 Å². The third-order valence-corrected chi connectivity index (χ3v) is 5.48. The lowest BCUT2D eigenvalue weighted by Crippen LogP contribution is -2.12. The highest BCUT2D eigenvalue weighted by Gasteiger charge is 2.18. The number of carbonyl (C=O) groups is 1. The first-order valence-electron chi connectivity index (χ1n) is 9.68. The van der Waals surface area contributed by atoms with Gasteiger partial charge in [-0.05, 0) is 42.0 Å². The maximum Gasteiger partial charge on any atom is 0.337 e. The molecule has 0 saturated carbocycles. The normalized spacial score (nSPS) is 11.2. The Labute approximate surface area is 195 Å². The number of ether oxygens (including phenoxy) is 2. The predicted octanol–water partition coefficient (Wildman–Crippen LogP) is 3.05. The predicted molar refractivity (Wildman–Crippen MR) is 124 cm³/mol. The summed E-state index contributed by atoms with van der Waals surface area (Å²) < 4.78 is 33.4. The van der Waals surface area contributed by atoms with Gasteiger partial charge in [0.25, 0.3) is 5.69 Å². The number of benzene rings is 3. The molecule has 3 aromatic rings. The van der Waals surface area contributed by atoms with Crippen molar-refractivity contribution in [3.8, 4) is 5.75 Å². The summed E-state index contributed by atoms with van der Waals surface area (Å²) in [4.78, 5) is 21.7. The minimum atomic E-state index is -4.09. The number of sulfonamides is 1. The van der Waals surface area contributed by atoms with Gasteiger partial charge in [-0.3, -0.25) is 15.5 Å². The third-order valence-electron chi connectivity index (χ3n) is 4.57. The lowest BCUT2D eigenvalue weighted by molar-refractivity contribution is -0.384. The Morgan fingerprint density at radius 1 is 1.15 bits per heavy atom. The molecule has 0 bridgehead atoms. The highest BCUT2D eigenvalue weighted by molar-refractivity contribution is 7.89. The number of nitrogens with one attached hydrogen (secondary N) is 1. The van der Waals surface area contributed by atoms with Crippen LogP contribution in [0.25, 0.3) is 0 Å².